The highest BCUT2D eigenvalue weighted by molar-refractivity contribution is 5.76. The first-order valence-electron chi connectivity index (χ1n) is 3.79. The van der Waals surface area contributed by atoms with Gasteiger partial charge in [-0.05, 0) is 12.8 Å². The largest absolute Gasteiger partial charge is 0.394 e. The van der Waals surface area contributed by atoms with Crippen molar-refractivity contribution in [1.29, 1.82) is 0 Å². The van der Waals surface area contributed by atoms with Gasteiger partial charge in [0.15, 0.2) is 0 Å². The molecular formula is C7H15NO3. The molecule has 3 N–H and O–H groups in total. The van der Waals surface area contributed by atoms with E-state index in [0.717, 1.165) is 25.8 Å². The van der Waals surface area contributed by atoms with Crippen LogP contribution in [0.1, 0.15) is 19.3 Å². The molecule has 1 amide bonds. The Kier molecular flexibility index (Phi) is 7.08. The Morgan fingerprint density at radius 1 is 1.27 bits per heavy atom. The molecule has 0 aromatic carbocycles. The molecule has 1 fully saturated rings. The van der Waals surface area contributed by atoms with Gasteiger partial charge >= 0.3 is 0 Å². The summed E-state index contributed by atoms with van der Waals surface area (Å²) >= 11 is 0. The summed E-state index contributed by atoms with van der Waals surface area (Å²) in [5, 5.41) is 18.0. The van der Waals surface area contributed by atoms with Gasteiger partial charge in [0.1, 0.15) is 0 Å². The summed E-state index contributed by atoms with van der Waals surface area (Å²) in [6.45, 7) is 0.638. The van der Waals surface area contributed by atoms with Gasteiger partial charge in [-0.1, -0.05) is 0 Å². The monoisotopic (exact) mass is 161 g/mol. The number of aliphatic hydroxyl groups excluding tert-OH is 2. The molecule has 1 aliphatic heterocycles. The Morgan fingerprint density at radius 3 is 2.09 bits per heavy atom. The van der Waals surface area contributed by atoms with Gasteiger partial charge in [-0.25, -0.2) is 0 Å². The van der Waals surface area contributed by atoms with E-state index in [-0.39, 0.29) is 19.1 Å². The Morgan fingerprint density at radius 2 is 1.91 bits per heavy atom. The molecule has 1 saturated heterocycles. The highest BCUT2D eigenvalue weighted by Crippen LogP contribution is 1.98. The number of rotatable bonds is 1. The van der Waals surface area contributed by atoms with E-state index >= 15 is 0 Å². The average molecular weight is 161 g/mol. The van der Waals surface area contributed by atoms with Crippen molar-refractivity contribution in [1.82, 2.24) is 5.32 Å². The topological polar surface area (TPSA) is 69.6 Å². The molecule has 0 unspecified atom stereocenters. The molecule has 1 aliphatic rings. The summed E-state index contributed by atoms with van der Waals surface area (Å²) in [5.41, 5.74) is 0. The van der Waals surface area contributed by atoms with E-state index in [4.69, 9.17) is 10.2 Å². The van der Waals surface area contributed by atoms with Gasteiger partial charge in [-0.3, -0.25) is 4.79 Å². The van der Waals surface area contributed by atoms with Crippen molar-refractivity contribution < 1.29 is 15.0 Å². The van der Waals surface area contributed by atoms with Gasteiger partial charge < -0.3 is 15.5 Å². The predicted molar refractivity (Wildman–Crippen MR) is 41.0 cm³/mol. The fourth-order valence-corrected chi connectivity index (χ4v) is 0.727. The standard InChI is InChI=1S/C5H9NO.C2H6O2/c7-5-3-1-2-4-6-5;3-1-2-4/h1-4H2,(H,6,7);3-4H,1-2H2. The molecule has 0 aromatic rings. The highest BCUT2D eigenvalue weighted by Gasteiger charge is 2.04. The molecule has 0 aromatic heterocycles. The fraction of sp³-hybridized carbons (Fsp3) is 0.857. The molecule has 0 atom stereocenters. The molecule has 1 rings (SSSR count). The zero-order valence-corrected chi connectivity index (χ0v) is 6.55. The summed E-state index contributed by atoms with van der Waals surface area (Å²) in [6, 6.07) is 0. The van der Waals surface area contributed by atoms with Crippen molar-refractivity contribution in [3.8, 4) is 0 Å². The Hall–Kier alpha value is -0.610. The molecular weight excluding hydrogens is 146 g/mol. The van der Waals surface area contributed by atoms with Crippen LogP contribution in [-0.4, -0.2) is 35.9 Å². The third-order valence-electron chi connectivity index (χ3n) is 1.25. The summed E-state index contributed by atoms with van der Waals surface area (Å²) in [7, 11) is 0. The lowest BCUT2D eigenvalue weighted by Gasteiger charge is -2.08. The molecule has 4 nitrogen and oxygen atoms in total. The molecule has 0 radical (unpaired) electrons. The zero-order valence-electron chi connectivity index (χ0n) is 6.55. The average Bonchev–Trinajstić information content (AvgIpc) is 2.07. The molecule has 11 heavy (non-hydrogen) atoms. The van der Waals surface area contributed by atoms with Crippen molar-refractivity contribution in [2.75, 3.05) is 19.8 Å². The lowest BCUT2D eigenvalue weighted by molar-refractivity contribution is -0.122. The minimum absolute atomic E-state index is 0.125. The number of piperidine rings is 1. The van der Waals surface area contributed by atoms with Crippen LogP contribution in [0.25, 0.3) is 0 Å². The van der Waals surface area contributed by atoms with E-state index in [0.29, 0.717) is 0 Å². The second-order valence-electron chi connectivity index (χ2n) is 2.25. The summed E-state index contributed by atoms with van der Waals surface area (Å²) in [4.78, 5) is 10.4. The molecule has 0 aliphatic carbocycles. The lowest BCUT2D eigenvalue weighted by atomic mass is 10.2. The SMILES string of the molecule is O=C1CCCCN1.OCCO. The van der Waals surface area contributed by atoms with Crippen molar-refractivity contribution >= 4 is 5.91 Å². The van der Waals surface area contributed by atoms with Gasteiger partial charge in [-0.15, -0.1) is 0 Å². The van der Waals surface area contributed by atoms with Crippen LogP contribution in [0.2, 0.25) is 0 Å². The van der Waals surface area contributed by atoms with Crippen LogP contribution in [0.5, 0.6) is 0 Å². The summed E-state index contributed by atoms with van der Waals surface area (Å²) < 4.78 is 0. The maximum absolute atomic E-state index is 10.4. The van der Waals surface area contributed by atoms with E-state index < -0.39 is 0 Å². The molecule has 0 spiro atoms. The van der Waals surface area contributed by atoms with E-state index in [1.54, 1.807) is 0 Å². The maximum Gasteiger partial charge on any atom is 0.219 e. The van der Waals surface area contributed by atoms with Crippen LogP contribution < -0.4 is 5.32 Å². The van der Waals surface area contributed by atoms with Crippen LogP contribution in [-0.2, 0) is 4.79 Å². The third-order valence-corrected chi connectivity index (χ3v) is 1.25. The fourth-order valence-electron chi connectivity index (χ4n) is 0.727. The number of aliphatic hydroxyl groups is 2. The van der Waals surface area contributed by atoms with E-state index in [1.807, 2.05) is 0 Å². The minimum Gasteiger partial charge on any atom is -0.394 e. The third kappa shape index (κ3) is 7.29. The number of hydrogen-bond acceptors (Lipinski definition) is 3. The molecule has 0 bridgehead atoms. The molecule has 0 saturated carbocycles. The number of carbonyl (C=O) groups excluding carboxylic acids is 1. The molecule has 66 valence electrons. The van der Waals surface area contributed by atoms with Gasteiger partial charge in [0.25, 0.3) is 0 Å². The second kappa shape index (κ2) is 7.50. The van der Waals surface area contributed by atoms with Crippen LogP contribution in [0.15, 0.2) is 0 Å². The Balaban J connectivity index is 0.000000218. The van der Waals surface area contributed by atoms with E-state index in [9.17, 15) is 4.79 Å². The van der Waals surface area contributed by atoms with E-state index in [1.165, 1.54) is 0 Å². The second-order valence-corrected chi connectivity index (χ2v) is 2.25. The van der Waals surface area contributed by atoms with Crippen molar-refractivity contribution in [3.63, 3.8) is 0 Å². The van der Waals surface area contributed by atoms with Gasteiger partial charge in [0, 0.05) is 13.0 Å². The van der Waals surface area contributed by atoms with Gasteiger partial charge in [-0.2, -0.15) is 0 Å². The minimum atomic E-state index is -0.125. The molecule has 1 heterocycles. The van der Waals surface area contributed by atoms with Crippen LogP contribution in [0.4, 0.5) is 0 Å². The first-order valence-corrected chi connectivity index (χ1v) is 3.79. The van der Waals surface area contributed by atoms with Gasteiger partial charge in [0.05, 0.1) is 13.2 Å². The Bertz CT molecular complexity index is 95.9. The van der Waals surface area contributed by atoms with Crippen molar-refractivity contribution in [3.05, 3.63) is 0 Å². The van der Waals surface area contributed by atoms with Crippen molar-refractivity contribution in [2.45, 2.75) is 19.3 Å². The van der Waals surface area contributed by atoms with E-state index in [2.05, 4.69) is 5.32 Å². The van der Waals surface area contributed by atoms with Gasteiger partial charge in [0.2, 0.25) is 5.91 Å². The Labute approximate surface area is 66.2 Å². The first kappa shape index (κ1) is 10.4. The number of hydrogen-bond donors (Lipinski definition) is 3. The van der Waals surface area contributed by atoms with Crippen LogP contribution in [0.3, 0.4) is 0 Å². The number of carbonyl (C=O) groups is 1. The maximum atomic E-state index is 10.4. The summed E-state index contributed by atoms with van der Waals surface area (Å²) in [6.07, 6.45) is 2.97. The predicted octanol–water partition coefficient (Wildman–Crippen LogP) is -0.743. The van der Waals surface area contributed by atoms with Crippen molar-refractivity contribution in [2.24, 2.45) is 0 Å². The number of nitrogens with one attached hydrogen (secondary N) is 1. The van der Waals surface area contributed by atoms with Crippen LogP contribution in [0, 0.1) is 0 Å². The first-order chi connectivity index (χ1) is 5.31. The molecule has 4 heteroatoms. The quantitative estimate of drug-likeness (QED) is 0.474. The number of amides is 1. The van der Waals surface area contributed by atoms with Crippen LogP contribution >= 0.6 is 0 Å². The zero-order chi connectivity index (χ0) is 8.53. The lowest BCUT2D eigenvalue weighted by Crippen LogP contribution is -2.28. The normalized spacial score (nSPS) is 16.4. The highest BCUT2D eigenvalue weighted by atomic mass is 16.3. The smallest absolute Gasteiger partial charge is 0.219 e. The summed E-state index contributed by atoms with van der Waals surface area (Å²) in [5.74, 6) is 0.214.